The van der Waals surface area contributed by atoms with E-state index in [1.165, 1.54) is 0 Å². The average molecular weight is 423 g/mol. The first kappa shape index (κ1) is 20.0. The number of hydrogen-bond acceptors (Lipinski definition) is 3. The third-order valence-electron chi connectivity index (χ3n) is 10.6. The van der Waals surface area contributed by atoms with E-state index in [-0.39, 0.29) is 47.0 Å². The molecule has 3 N–H and O–H groups in total. The monoisotopic (exact) mass is 422 g/mol. The molecule has 4 heteroatoms. The van der Waals surface area contributed by atoms with Crippen molar-refractivity contribution in [3.63, 3.8) is 0 Å². The summed E-state index contributed by atoms with van der Waals surface area (Å²) in [5.74, 6) is -0.0806. The van der Waals surface area contributed by atoms with Gasteiger partial charge in [-0.3, -0.25) is 4.79 Å². The summed E-state index contributed by atoms with van der Waals surface area (Å²) in [6.45, 7) is 8.68. The lowest BCUT2D eigenvalue weighted by Crippen LogP contribution is -2.62. The number of hydrogen-bond donors (Lipinski definition) is 3. The summed E-state index contributed by atoms with van der Waals surface area (Å²) in [7, 11) is 0. The molecule has 0 radical (unpaired) electrons. The summed E-state index contributed by atoms with van der Waals surface area (Å²) in [6, 6.07) is 0. The van der Waals surface area contributed by atoms with Gasteiger partial charge in [-0.05, 0) is 104 Å². The van der Waals surface area contributed by atoms with E-state index in [1.807, 2.05) is 6.92 Å². The molecule has 0 aromatic carbocycles. The second-order valence-electron chi connectivity index (χ2n) is 11.7. The Balaban J connectivity index is 1.69. The van der Waals surface area contributed by atoms with E-state index >= 15 is 0 Å². The van der Waals surface area contributed by atoms with Crippen molar-refractivity contribution in [1.29, 1.82) is 0 Å². The fourth-order valence-corrected chi connectivity index (χ4v) is 9.01. The summed E-state index contributed by atoms with van der Waals surface area (Å²) in [6.07, 6.45) is 4.69. The van der Waals surface area contributed by atoms with Gasteiger partial charge in [-0.25, -0.2) is 0 Å². The lowest BCUT2D eigenvalue weighted by molar-refractivity contribution is -0.203. The van der Waals surface area contributed by atoms with Crippen LogP contribution < -0.4 is 0 Å². The quantitative estimate of drug-likeness (QED) is 0.575. The van der Waals surface area contributed by atoms with Crippen molar-refractivity contribution in [2.24, 2.45) is 52.3 Å². The van der Waals surface area contributed by atoms with Gasteiger partial charge in [-0.1, -0.05) is 34.1 Å². The Bertz CT molecular complexity index is 727. The van der Waals surface area contributed by atoms with Crippen LogP contribution in [0.3, 0.4) is 0 Å². The number of carboxylic acid groups (broad SMARTS) is 1. The highest BCUT2D eigenvalue weighted by atomic mass is 16.4. The number of aliphatic hydroxyl groups is 2. The van der Waals surface area contributed by atoms with Crippen molar-refractivity contribution in [3.8, 4) is 0 Å². The summed E-state index contributed by atoms with van der Waals surface area (Å²) in [5, 5.41) is 31.5. The predicted octanol–water partition coefficient (Wildman–Crippen LogP) is 5.11. The van der Waals surface area contributed by atoms with Gasteiger partial charge < -0.3 is 15.3 Å². The molecule has 172 valence electrons. The van der Waals surface area contributed by atoms with Crippen LogP contribution in [0.2, 0.25) is 0 Å². The zero-order chi connectivity index (χ0) is 23.6. The van der Waals surface area contributed by atoms with Gasteiger partial charge in [0.25, 0.3) is 0 Å². The van der Waals surface area contributed by atoms with Gasteiger partial charge >= 0.3 is 5.97 Å². The molecule has 4 aliphatic carbocycles. The minimum Gasteiger partial charge on any atom is -0.481 e. The maximum Gasteiger partial charge on any atom is 0.303 e. The van der Waals surface area contributed by atoms with Crippen LogP contribution in [-0.4, -0.2) is 33.5 Å². The van der Waals surface area contributed by atoms with Crippen LogP contribution in [0.5, 0.6) is 0 Å². The summed E-state index contributed by atoms with van der Waals surface area (Å²) in [4.78, 5) is 11.2. The molecule has 4 aliphatic rings. The number of aliphatic hydroxyl groups excluding tert-OH is 1. The average Bonchev–Trinajstić information content (AvgIpc) is 3.04. The highest BCUT2D eigenvalue weighted by Gasteiger charge is 2.64. The Morgan fingerprint density at radius 2 is 1.77 bits per heavy atom. The summed E-state index contributed by atoms with van der Waals surface area (Å²) < 4.78 is 18.0. The van der Waals surface area contributed by atoms with Crippen LogP contribution in [-0.2, 0) is 4.79 Å². The minimum absolute atomic E-state index is 0.0125. The zero-order valence-electron chi connectivity index (χ0n) is 21.3. The van der Waals surface area contributed by atoms with Gasteiger partial charge in [0.15, 0.2) is 0 Å². The van der Waals surface area contributed by atoms with E-state index in [1.54, 1.807) is 0 Å². The van der Waals surface area contributed by atoms with Crippen LogP contribution in [0, 0.1) is 52.3 Å². The Labute approximate surface area is 185 Å². The molecule has 0 aromatic heterocycles. The topological polar surface area (TPSA) is 77.8 Å². The molecule has 0 saturated heterocycles. The smallest absolute Gasteiger partial charge is 0.303 e. The predicted molar refractivity (Wildman–Crippen MR) is 118 cm³/mol. The SMILES string of the molecule is [2H]C(C)C1[C@@H]2C[C@H](O)CC[C@]2(C)C2CC[C@@]3(C)C(CC[C@@H]3[C@H](C)CCC(=O)O)C2[C@]1([2H])O. The lowest BCUT2D eigenvalue weighted by Gasteiger charge is -2.64. The standard InChI is InChI=1S/C26H44O4/c1-5-17-21-14-16(27)10-12-26(21,4)20-11-13-25(3)18(15(2)6-9-22(28)29)7-8-19(25)23(20)24(17)30/h15-21,23-24,27,30H,5-14H2,1-4H3,(H,28,29)/t15-,16-,17?,18-,19?,20?,21+,23?,24-,25-,26-/m1/s1/i5D,24D/t5?,15-,16-,17?,18-,19?,20?,21+,23?,24-,25-,26-. The van der Waals surface area contributed by atoms with E-state index in [2.05, 4.69) is 20.8 Å². The highest BCUT2D eigenvalue weighted by Crippen LogP contribution is 2.69. The van der Waals surface area contributed by atoms with E-state index in [0.29, 0.717) is 24.7 Å². The van der Waals surface area contributed by atoms with Crippen molar-refractivity contribution in [2.75, 3.05) is 0 Å². The van der Waals surface area contributed by atoms with Crippen molar-refractivity contribution in [3.05, 3.63) is 0 Å². The molecule has 4 rings (SSSR count). The van der Waals surface area contributed by atoms with Crippen molar-refractivity contribution in [2.45, 2.75) is 104 Å². The summed E-state index contributed by atoms with van der Waals surface area (Å²) in [5.41, 5.74) is -0.0210. The Morgan fingerprint density at radius 1 is 1.10 bits per heavy atom. The van der Waals surface area contributed by atoms with Crippen LogP contribution >= 0.6 is 0 Å². The first-order chi connectivity index (χ1) is 14.8. The molecule has 12 atom stereocenters. The van der Waals surface area contributed by atoms with Gasteiger partial charge in [0.05, 0.1) is 13.6 Å². The van der Waals surface area contributed by atoms with Gasteiger partial charge in [-0.2, -0.15) is 0 Å². The van der Waals surface area contributed by atoms with Gasteiger partial charge in [0, 0.05) is 7.79 Å². The number of fused-ring (bicyclic) bond motifs is 5. The van der Waals surface area contributed by atoms with Crippen molar-refractivity contribution in [1.82, 2.24) is 0 Å². The molecule has 5 unspecified atom stereocenters. The first-order valence-electron chi connectivity index (χ1n) is 13.5. The Hall–Kier alpha value is -0.610. The molecule has 0 amide bonds. The van der Waals surface area contributed by atoms with E-state index in [9.17, 15) is 16.4 Å². The maximum absolute atomic E-state index is 11.9. The van der Waals surface area contributed by atoms with Crippen LogP contribution in [0.25, 0.3) is 0 Å². The number of carboxylic acids is 1. The molecular weight excluding hydrogens is 376 g/mol. The first-order valence-corrected chi connectivity index (χ1v) is 12.4. The Morgan fingerprint density at radius 3 is 2.43 bits per heavy atom. The van der Waals surface area contributed by atoms with Crippen molar-refractivity contribution >= 4 is 5.97 Å². The number of rotatable bonds is 5. The molecule has 0 heterocycles. The molecule has 0 aliphatic heterocycles. The third kappa shape index (κ3) is 3.36. The van der Waals surface area contributed by atoms with Crippen LogP contribution in [0.15, 0.2) is 0 Å². The molecule has 4 saturated carbocycles. The van der Waals surface area contributed by atoms with Crippen molar-refractivity contribution < 1.29 is 22.9 Å². The minimum atomic E-state index is -1.65. The Kier molecular flexibility index (Phi) is 5.38. The number of carbonyl (C=O) groups is 1. The summed E-state index contributed by atoms with van der Waals surface area (Å²) >= 11 is 0. The molecule has 0 spiro atoms. The largest absolute Gasteiger partial charge is 0.481 e. The van der Waals surface area contributed by atoms with Gasteiger partial charge in [-0.15, -0.1) is 0 Å². The fourth-order valence-electron chi connectivity index (χ4n) is 9.01. The van der Waals surface area contributed by atoms with E-state index < -0.39 is 24.4 Å². The number of aliphatic carboxylic acids is 1. The van der Waals surface area contributed by atoms with E-state index in [0.717, 1.165) is 38.5 Å². The highest BCUT2D eigenvalue weighted by molar-refractivity contribution is 5.66. The molecule has 0 aromatic rings. The second-order valence-corrected chi connectivity index (χ2v) is 11.7. The second kappa shape index (κ2) is 8.06. The van der Waals surface area contributed by atoms with Crippen LogP contribution in [0.1, 0.15) is 94.6 Å². The normalized spacial score (nSPS) is 56.0. The van der Waals surface area contributed by atoms with Gasteiger partial charge in [0.1, 0.15) is 0 Å². The molecule has 4 fully saturated rings. The third-order valence-corrected chi connectivity index (χ3v) is 10.6. The molecule has 0 bridgehead atoms. The molecule has 30 heavy (non-hydrogen) atoms. The fraction of sp³-hybridized carbons (Fsp3) is 0.962. The molecule has 4 nitrogen and oxygen atoms in total. The van der Waals surface area contributed by atoms with Crippen LogP contribution in [0.4, 0.5) is 0 Å². The molecular formula is C26H44O4. The van der Waals surface area contributed by atoms with Gasteiger partial charge in [0.2, 0.25) is 0 Å². The maximum atomic E-state index is 11.9. The zero-order valence-corrected chi connectivity index (χ0v) is 19.3. The van der Waals surface area contributed by atoms with E-state index in [4.69, 9.17) is 6.48 Å². The lowest BCUT2D eigenvalue weighted by atomic mass is 9.41.